The summed E-state index contributed by atoms with van der Waals surface area (Å²) in [5.41, 5.74) is 0.688. The van der Waals surface area contributed by atoms with Gasteiger partial charge in [-0.1, -0.05) is 22.9 Å². The zero-order chi connectivity index (χ0) is 18.4. The summed E-state index contributed by atoms with van der Waals surface area (Å²) in [4.78, 5) is 11.8. The molecule has 0 bridgehead atoms. The molecule has 2 N–H and O–H groups in total. The number of nitrogens with one attached hydrogen (secondary N) is 2. The van der Waals surface area contributed by atoms with E-state index in [1.165, 1.54) is 0 Å². The van der Waals surface area contributed by atoms with Gasteiger partial charge in [0.2, 0.25) is 0 Å². The van der Waals surface area contributed by atoms with Gasteiger partial charge in [0.25, 0.3) is 0 Å². The maximum atomic E-state index is 11.8. The number of benzene rings is 1. The van der Waals surface area contributed by atoms with Gasteiger partial charge in [-0.2, -0.15) is 0 Å². The normalized spacial score (nSPS) is 19.9. The molecule has 1 aromatic rings. The fourth-order valence-corrected chi connectivity index (χ4v) is 3.08. The van der Waals surface area contributed by atoms with Crippen LogP contribution in [0.2, 0.25) is 0 Å². The van der Waals surface area contributed by atoms with Crippen LogP contribution in [0.15, 0.2) is 22.7 Å². The second kappa shape index (κ2) is 8.90. The van der Waals surface area contributed by atoms with E-state index < -0.39 is 5.60 Å². The van der Waals surface area contributed by atoms with Crippen molar-refractivity contribution in [1.82, 2.24) is 10.6 Å². The molecule has 140 valence electrons. The first-order chi connectivity index (χ1) is 11.8. The number of ether oxygens (including phenoxy) is 2. The fourth-order valence-electron chi connectivity index (χ4n) is 2.67. The highest BCUT2D eigenvalue weighted by atomic mass is 79.9. The third-order valence-corrected chi connectivity index (χ3v) is 4.42. The smallest absolute Gasteiger partial charge is 0.407 e. The minimum absolute atomic E-state index is 0.186. The predicted molar refractivity (Wildman–Crippen MR) is 103 cm³/mol. The largest absolute Gasteiger partial charge is 0.493 e. The summed E-state index contributed by atoms with van der Waals surface area (Å²) in [5, 5.41) is 6.45. The molecular weight excluding hydrogens is 384 g/mol. The maximum Gasteiger partial charge on any atom is 0.407 e. The molecule has 5 nitrogen and oxygen atoms in total. The van der Waals surface area contributed by atoms with Crippen LogP contribution < -0.4 is 15.4 Å². The van der Waals surface area contributed by atoms with E-state index in [-0.39, 0.29) is 12.1 Å². The Morgan fingerprint density at radius 3 is 2.64 bits per heavy atom. The zero-order valence-electron chi connectivity index (χ0n) is 15.5. The highest BCUT2D eigenvalue weighted by molar-refractivity contribution is 9.10. The van der Waals surface area contributed by atoms with E-state index in [2.05, 4.69) is 39.6 Å². The van der Waals surface area contributed by atoms with Gasteiger partial charge in [-0.15, -0.1) is 0 Å². The Hall–Kier alpha value is -1.27. The molecule has 1 saturated carbocycles. The summed E-state index contributed by atoms with van der Waals surface area (Å²) >= 11 is 3.52. The lowest BCUT2D eigenvalue weighted by Crippen LogP contribution is -2.53. The van der Waals surface area contributed by atoms with E-state index in [0.717, 1.165) is 48.2 Å². The van der Waals surface area contributed by atoms with Crippen LogP contribution in [-0.2, 0) is 11.3 Å². The summed E-state index contributed by atoms with van der Waals surface area (Å²) in [5.74, 6) is 0.931. The van der Waals surface area contributed by atoms with Crippen molar-refractivity contribution in [3.8, 4) is 5.75 Å². The van der Waals surface area contributed by atoms with Crippen LogP contribution in [0.1, 0.15) is 52.5 Å². The summed E-state index contributed by atoms with van der Waals surface area (Å²) in [6.45, 7) is 9.18. The van der Waals surface area contributed by atoms with Crippen LogP contribution in [-0.4, -0.2) is 30.4 Å². The summed E-state index contributed by atoms with van der Waals surface area (Å²) < 4.78 is 12.1. The van der Waals surface area contributed by atoms with Gasteiger partial charge in [-0.05, 0) is 58.2 Å². The van der Waals surface area contributed by atoms with Gasteiger partial charge in [0.15, 0.2) is 0 Å². The standard InChI is InChI=1S/C19H29BrN2O3/c1-5-8-24-17-7-6-14(20)9-13(17)12-21-15-10-16(11-15)22-18(23)25-19(2,3)4/h6-7,9,15-16,21H,5,8,10-12H2,1-4H3,(H,22,23). The Kier molecular flexibility index (Phi) is 7.14. The van der Waals surface area contributed by atoms with Gasteiger partial charge in [0, 0.05) is 28.7 Å². The lowest BCUT2D eigenvalue weighted by molar-refractivity contribution is 0.0465. The molecule has 0 spiro atoms. The second-order valence-electron chi connectivity index (χ2n) is 7.49. The number of amides is 1. The molecule has 1 aromatic carbocycles. The first-order valence-corrected chi connectivity index (χ1v) is 9.70. The fraction of sp³-hybridized carbons (Fsp3) is 0.632. The zero-order valence-corrected chi connectivity index (χ0v) is 17.1. The summed E-state index contributed by atoms with van der Waals surface area (Å²) in [7, 11) is 0. The van der Waals surface area contributed by atoms with Gasteiger partial charge < -0.3 is 20.1 Å². The molecule has 0 unspecified atom stereocenters. The molecule has 2 rings (SSSR count). The van der Waals surface area contributed by atoms with E-state index in [9.17, 15) is 4.79 Å². The number of hydrogen-bond acceptors (Lipinski definition) is 4. The first kappa shape index (κ1) is 20.0. The summed E-state index contributed by atoms with van der Waals surface area (Å²) in [6, 6.07) is 6.68. The molecule has 25 heavy (non-hydrogen) atoms. The van der Waals surface area contributed by atoms with Crippen molar-refractivity contribution in [3.63, 3.8) is 0 Å². The maximum absolute atomic E-state index is 11.8. The number of alkyl carbamates (subject to hydrolysis) is 1. The molecular formula is C19H29BrN2O3. The van der Waals surface area contributed by atoms with Crippen LogP contribution in [0.5, 0.6) is 5.75 Å². The van der Waals surface area contributed by atoms with Crippen LogP contribution in [0.3, 0.4) is 0 Å². The molecule has 0 aromatic heterocycles. The van der Waals surface area contributed by atoms with Crippen LogP contribution in [0.25, 0.3) is 0 Å². The Morgan fingerprint density at radius 2 is 2.00 bits per heavy atom. The Morgan fingerprint density at radius 1 is 1.28 bits per heavy atom. The molecule has 1 aliphatic carbocycles. The lowest BCUT2D eigenvalue weighted by atomic mass is 9.86. The van der Waals surface area contributed by atoms with Crippen LogP contribution in [0, 0.1) is 0 Å². The minimum Gasteiger partial charge on any atom is -0.493 e. The molecule has 1 aliphatic rings. The van der Waals surface area contributed by atoms with Crippen LogP contribution in [0.4, 0.5) is 4.79 Å². The van der Waals surface area contributed by atoms with Crippen molar-refractivity contribution in [2.75, 3.05) is 6.61 Å². The number of carbonyl (C=O) groups excluding carboxylic acids is 1. The van der Waals surface area contributed by atoms with E-state index >= 15 is 0 Å². The van der Waals surface area contributed by atoms with Crippen molar-refractivity contribution in [3.05, 3.63) is 28.2 Å². The van der Waals surface area contributed by atoms with Crippen molar-refractivity contribution >= 4 is 22.0 Å². The lowest BCUT2D eigenvalue weighted by Gasteiger charge is -2.37. The van der Waals surface area contributed by atoms with Crippen molar-refractivity contribution in [2.24, 2.45) is 0 Å². The topological polar surface area (TPSA) is 59.6 Å². The van der Waals surface area contributed by atoms with Crippen LogP contribution >= 0.6 is 15.9 Å². The van der Waals surface area contributed by atoms with Crippen molar-refractivity contribution in [2.45, 2.75) is 71.2 Å². The SMILES string of the molecule is CCCOc1ccc(Br)cc1CNC1CC(NC(=O)OC(C)(C)C)C1. The number of hydrogen-bond donors (Lipinski definition) is 2. The van der Waals surface area contributed by atoms with E-state index in [0.29, 0.717) is 6.04 Å². The molecule has 0 atom stereocenters. The Labute approximate surface area is 159 Å². The summed E-state index contributed by atoms with van der Waals surface area (Å²) in [6.07, 6.45) is 2.48. The van der Waals surface area contributed by atoms with Crippen molar-refractivity contribution < 1.29 is 14.3 Å². The highest BCUT2D eigenvalue weighted by Gasteiger charge is 2.31. The first-order valence-electron chi connectivity index (χ1n) is 8.91. The van der Waals surface area contributed by atoms with Crippen molar-refractivity contribution in [1.29, 1.82) is 0 Å². The van der Waals surface area contributed by atoms with E-state index in [1.54, 1.807) is 0 Å². The number of halogens is 1. The predicted octanol–water partition coefficient (Wildman–Crippen LogP) is 4.38. The average molecular weight is 413 g/mol. The monoisotopic (exact) mass is 412 g/mol. The van der Waals surface area contributed by atoms with Gasteiger partial charge in [0.1, 0.15) is 11.4 Å². The number of carbonyl (C=O) groups is 1. The molecule has 6 heteroatoms. The van der Waals surface area contributed by atoms with E-state index in [1.807, 2.05) is 32.9 Å². The molecule has 0 radical (unpaired) electrons. The molecule has 0 aliphatic heterocycles. The minimum atomic E-state index is -0.457. The van der Waals surface area contributed by atoms with Gasteiger partial charge in [-0.25, -0.2) is 4.79 Å². The van der Waals surface area contributed by atoms with Gasteiger partial charge >= 0.3 is 6.09 Å². The molecule has 1 amide bonds. The molecule has 0 saturated heterocycles. The number of rotatable bonds is 7. The average Bonchev–Trinajstić information content (AvgIpc) is 2.46. The second-order valence-corrected chi connectivity index (χ2v) is 8.41. The van der Waals surface area contributed by atoms with Gasteiger partial charge in [0.05, 0.1) is 6.61 Å². The van der Waals surface area contributed by atoms with E-state index in [4.69, 9.17) is 9.47 Å². The Bertz CT molecular complexity index is 581. The van der Waals surface area contributed by atoms with Gasteiger partial charge in [-0.3, -0.25) is 0 Å². The molecule has 0 heterocycles. The third-order valence-electron chi connectivity index (χ3n) is 3.92. The quantitative estimate of drug-likeness (QED) is 0.697. The Balaban J connectivity index is 1.75. The highest BCUT2D eigenvalue weighted by Crippen LogP contribution is 2.26. The molecule has 1 fully saturated rings. The third kappa shape index (κ3) is 6.86.